The van der Waals surface area contributed by atoms with E-state index in [1.165, 1.54) is 5.56 Å². The zero-order valence-corrected chi connectivity index (χ0v) is 27.2. The molecule has 4 aromatic rings. The normalized spacial score (nSPS) is 14.2. The molecule has 0 atom stereocenters. The minimum Gasteiger partial charge on any atom is -0.379 e. The van der Waals surface area contributed by atoms with Crippen LogP contribution in [-0.4, -0.2) is 69.6 Å². The second-order valence-corrected chi connectivity index (χ2v) is 12.2. The number of ketones is 2. The van der Waals surface area contributed by atoms with Crippen molar-refractivity contribution in [3.05, 3.63) is 87.5 Å². The van der Waals surface area contributed by atoms with Crippen LogP contribution in [0.3, 0.4) is 0 Å². The molecule has 1 aliphatic heterocycles. The highest BCUT2D eigenvalue weighted by atomic mass is 16.8. The topological polar surface area (TPSA) is 157 Å². The Balaban J connectivity index is 1.63. The number of nitro groups is 1. The monoisotopic (exact) mass is 651 g/mol. The first-order chi connectivity index (χ1) is 23.1. The number of benzene rings is 3. The fourth-order valence-corrected chi connectivity index (χ4v) is 6.08. The van der Waals surface area contributed by atoms with Gasteiger partial charge in [-0.15, -0.1) is 0 Å². The Hall–Kier alpha value is -5.25. The number of nitrogens with zero attached hydrogens (tertiary/aromatic N) is 5. The van der Waals surface area contributed by atoms with Gasteiger partial charge in [-0.2, -0.15) is 10.1 Å². The molecule has 48 heavy (non-hydrogen) atoms. The van der Waals surface area contributed by atoms with Crippen molar-refractivity contribution in [2.45, 2.75) is 58.4 Å². The molecular formula is C36H37N5O7. The lowest BCUT2D eigenvalue weighted by Gasteiger charge is -2.39. The quantitative estimate of drug-likeness (QED) is 0.0407. The Kier molecular flexibility index (Phi) is 10.4. The van der Waals surface area contributed by atoms with Crippen LogP contribution >= 0.6 is 0 Å². The number of hydrogen-bond acceptors (Lipinski definition) is 10. The van der Waals surface area contributed by atoms with Crippen molar-refractivity contribution in [3.8, 4) is 11.8 Å². The Morgan fingerprint density at radius 3 is 2.21 bits per heavy atom. The van der Waals surface area contributed by atoms with Crippen molar-refractivity contribution in [1.82, 2.24) is 9.47 Å². The van der Waals surface area contributed by atoms with E-state index in [2.05, 4.69) is 38.5 Å². The number of aromatic nitrogens is 1. The van der Waals surface area contributed by atoms with Gasteiger partial charge in [0.25, 0.3) is 0 Å². The van der Waals surface area contributed by atoms with Crippen molar-refractivity contribution in [2.24, 2.45) is 5.16 Å². The van der Waals surface area contributed by atoms with Gasteiger partial charge in [0.1, 0.15) is 10.6 Å². The van der Waals surface area contributed by atoms with E-state index in [0.717, 1.165) is 28.5 Å². The number of carbonyl (C=O) groups excluding carboxylic acids is 3. The lowest BCUT2D eigenvalue weighted by Crippen LogP contribution is -2.54. The summed E-state index contributed by atoms with van der Waals surface area (Å²) >= 11 is 0. The van der Waals surface area contributed by atoms with Crippen molar-refractivity contribution in [1.29, 1.82) is 5.26 Å². The summed E-state index contributed by atoms with van der Waals surface area (Å²) < 4.78 is 7.58. The highest BCUT2D eigenvalue weighted by Gasteiger charge is 2.36. The fourth-order valence-electron chi connectivity index (χ4n) is 6.08. The van der Waals surface area contributed by atoms with Crippen LogP contribution in [0.1, 0.15) is 72.7 Å². The number of aryl methyl sites for hydroxylation is 1. The zero-order valence-electron chi connectivity index (χ0n) is 27.2. The van der Waals surface area contributed by atoms with E-state index in [9.17, 15) is 24.5 Å². The van der Waals surface area contributed by atoms with Crippen LogP contribution in [0, 0.1) is 21.4 Å². The van der Waals surface area contributed by atoms with Gasteiger partial charge in [0.15, 0.2) is 5.78 Å². The van der Waals surface area contributed by atoms with Crippen LogP contribution in [0.5, 0.6) is 0 Å². The van der Waals surface area contributed by atoms with Crippen molar-refractivity contribution < 1.29 is 28.9 Å². The molecule has 1 fully saturated rings. The van der Waals surface area contributed by atoms with Gasteiger partial charge in [-0.25, -0.2) is 0 Å². The van der Waals surface area contributed by atoms with Gasteiger partial charge in [0, 0.05) is 47.1 Å². The zero-order chi connectivity index (χ0) is 34.4. The van der Waals surface area contributed by atoms with Gasteiger partial charge in [-0.1, -0.05) is 24.2 Å². The lowest BCUT2D eigenvalue weighted by molar-refractivity contribution is -0.396. The molecule has 0 aliphatic carbocycles. The Bertz CT molecular complexity index is 1950. The van der Waals surface area contributed by atoms with Gasteiger partial charge in [-0.05, 0) is 93.6 Å². The van der Waals surface area contributed by atoms with Gasteiger partial charge < -0.3 is 9.30 Å². The van der Waals surface area contributed by atoms with E-state index < -0.39 is 22.3 Å². The summed E-state index contributed by atoms with van der Waals surface area (Å²) in [5.41, 5.74) is 3.54. The average molecular weight is 652 g/mol. The van der Waals surface area contributed by atoms with Crippen molar-refractivity contribution >= 4 is 45.2 Å². The first-order valence-corrected chi connectivity index (χ1v) is 16.0. The maximum Gasteiger partial charge on any atom is 0.683 e. The van der Waals surface area contributed by atoms with Crippen LogP contribution in [0.25, 0.3) is 27.5 Å². The summed E-state index contributed by atoms with van der Waals surface area (Å²) in [6, 6.07) is 21.0. The highest BCUT2D eigenvalue weighted by Crippen LogP contribution is 2.35. The van der Waals surface area contributed by atoms with Crippen molar-refractivity contribution in [2.75, 3.05) is 26.3 Å². The van der Waals surface area contributed by atoms with E-state index in [4.69, 9.17) is 10.00 Å². The van der Waals surface area contributed by atoms with Crippen molar-refractivity contribution in [3.63, 3.8) is 0 Å². The van der Waals surface area contributed by atoms with E-state index in [1.54, 1.807) is 12.1 Å². The molecular weight excluding hydrogens is 614 g/mol. The number of morpholine rings is 1. The number of unbranched alkanes of at least 4 members (excludes halogenated alkanes) is 2. The lowest BCUT2D eigenvalue weighted by atomic mass is 9.90. The predicted molar refractivity (Wildman–Crippen MR) is 180 cm³/mol. The minimum absolute atomic E-state index is 0.0360. The van der Waals surface area contributed by atoms with Crippen LogP contribution < -0.4 is 0 Å². The molecule has 2 heterocycles. The number of nitriles is 1. The molecule has 0 unspecified atom stereocenters. The maximum absolute atomic E-state index is 14.0. The first-order valence-electron chi connectivity index (χ1n) is 16.0. The molecule has 5 rings (SSSR count). The average Bonchev–Trinajstić information content (AvgIpc) is 3.43. The van der Waals surface area contributed by atoms with E-state index >= 15 is 0 Å². The molecule has 248 valence electrons. The summed E-state index contributed by atoms with van der Waals surface area (Å²) in [4.78, 5) is 55.4. The van der Waals surface area contributed by atoms with Gasteiger partial charge >= 0.3 is 6.09 Å². The number of carbonyl (C=O) groups is 3. The predicted octanol–water partition coefficient (Wildman–Crippen LogP) is 6.68. The maximum atomic E-state index is 14.0. The third kappa shape index (κ3) is 7.02. The summed E-state index contributed by atoms with van der Waals surface area (Å²) in [5, 5.41) is 24.7. The SMILES string of the molecule is CCc1ccc(-n2c3ccc(C(=O)/C(CCCCC#N)=N/OC(=O)[N+](=O)[O-])cc3c3cc(C(=O)C(C)(C)N4CCOCC4)ccc32)cc1. The standard InChI is InChI=1S/C36H37N5O7/c1-4-24-9-13-27(14-10-24)40-31-15-11-25(33(42)30(8-6-5-7-17-37)38-48-35(44)41(45)46)22-28(31)29-23-26(12-16-32(29)40)34(43)36(2,3)39-18-20-47-21-19-39/h9-16,22-23H,4-8,18-21H2,1-3H3/b38-30+. The Labute approximate surface area is 277 Å². The number of rotatable bonds is 12. The summed E-state index contributed by atoms with van der Waals surface area (Å²) in [5.74, 6) is -0.606. The smallest absolute Gasteiger partial charge is 0.379 e. The van der Waals surface area contributed by atoms with Crippen LogP contribution in [-0.2, 0) is 16.0 Å². The molecule has 1 saturated heterocycles. The molecule has 0 N–H and O–H groups in total. The molecule has 0 spiro atoms. The van der Waals surface area contributed by atoms with Crippen LogP contribution in [0.15, 0.2) is 65.8 Å². The molecule has 0 bridgehead atoms. The molecule has 1 aromatic heterocycles. The third-order valence-electron chi connectivity index (χ3n) is 8.85. The largest absolute Gasteiger partial charge is 0.683 e. The second-order valence-electron chi connectivity index (χ2n) is 12.2. The van der Waals surface area contributed by atoms with E-state index in [-0.39, 0.29) is 29.9 Å². The van der Waals surface area contributed by atoms with E-state index in [1.807, 2.05) is 56.3 Å². The molecule has 12 heteroatoms. The van der Waals surface area contributed by atoms with Crippen LogP contribution in [0.4, 0.5) is 4.79 Å². The number of Topliss-reactive ketones (excluding diaryl/α,β-unsaturated/α-hetero) is 2. The molecule has 1 amide bonds. The van der Waals surface area contributed by atoms with Crippen LogP contribution in [0.2, 0.25) is 0 Å². The molecule has 0 saturated carbocycles. The first kappa shape index (κ1) is 34.1. The second kappa shape index (κ2) is 14.7. The Morgan fingerprint density at radius 1 is 0.979 bits per heavy atom. The van der Waals surface area contributed by atoms with E-state index in [0.29, 0.717) is 50.1 Å². The van der Waals surface area contributed by atoms with Gasteiger partial charge in [0.2, 0.25) is 5.78 Å². The summed E-state index contributed by atoms with van der Waals surface area (Å²) in [6.07, 6.45) is 0.234. The Morgan fingerprint density at radius 2 is 1.60 bits per heavy atom. The number of ether oxygens (including phenoxy) is 1. The minimum atomic E-state index is -1.80. The molecule has 1 aliphatic rings. The molecule has 0 radical (unpaired) electrons. The number of hydrogen-bond donors (Lipinski definition) is 0. The van der Waals surface area contributed by atoms with Gasteiger partial charge in [-0.3, -0.25) is 29.4 Å². The fraction of sp³-hybridized carbons (Fsp3) is 0.361. The number of oxime groups is 1. The highest BCUT2D eigenvalue weighted by molar-refractivity contribution is 6.46. The summed E-state index contributed by atoms with van der Waals surface area (Å²) in [7, 11) is 0. The van der Waals surface area contributed by atoms with Gasteiger partial charge in [0.05, 0.1) is 35.9 Å². The summed E-state index contributed by atoms with van der Waals surface area (Å²) in [6.45, 7) is 8.35. The number of amides is 1. The third-order valence-corrected chi connectivity index (χ3v) is 8.85. The molecule has 12 nitrogen and oxygen atoms in total. The number of fused-ring (bicyclic) bond motifs is 3. The molecule has 3 aromatic carbocycles.